The van der Waals surface area contributed by atoms with E-state index in [9.17, 15) is 24.8 Å². The van der Waals surface area contributed by atoms with Crippen molar-refractivity contribution in [1.82, 2.24) is 5.32 Å². The van der Waals surface area contributed by atoms with Crippen LogP contribution in [-0.4, -0.2) is 39.5 Å². The largest absolute Gasteiger partial charge is 0.481 e. The molecule has 8 nitrogen and oxygen atoms in total. The minimum Gasteiger partial charge on any atom is -0.481 e. The minimum atomic E-state index is -1.62. The van der Waals surface area contributed by atoms with E-state index in [-0.39, 0.29) is 45.3 Å². The molecule has 36 heavy (non-hydrogen) atoms. The summed E-state index contributed by atoms with van der Waals surface area (Å²) in [7, 11) is 0. The molecule has 0 saturated heterocycles. The number of aliphatic carboxylic acids is 1. The Morgan fingerprint density at radius 2 is 1.64 bits per heavy atom. The molecule has 1 unspecified atom stereocenters. The van der Waals surface area contributed by atoms with Gasteiger partial charge in [0.25, 0.3) is 0 Å². The van der Waals surface area contributed by atoms with Crippen LogP contribution in [0, 0.1) is 43.1 Å². The van der Waals surface area contributed by atoms with E-state index >= 15 is 0 Å². The van der Waals surface area contributed by atoms with Crippen molar-refractivity contribution in [1.29, 1.82) is 0 Å². The molecule has 4 saturated carbocycles. The maximum atomic E-state index is 13.4. The number of nitrogens with one attached hydrogen (secondary N) is 1. The molecular formula is C28H47N3O5. The Kier molecular flexibility index (Phi) is 6.38. The summed E-state index contributed by atoms with van der Waals surface area (Å²) in [4.78, 5) is 38.6. The molecule has 0 heterocycles. The lowest BCUT2D eigenvalue weighted by Gasteiger charge is -2.41. The van der Waals surface area contributed by atoms with E-state index < -0.39 is 34.9 Å². The van der Waals surface area contributed by atoms with Crippen molar-refractivity contribution in [2.45, 2.75) is 130 Å². The Labute approximate surface area is 215 Å². The number of amides is 1. The lowest BCUT2D eigenvalue weighted by molar-refractivity contribution is -0.578. The highest BCUT2D eigenvalue weighted by Crippen LogP contribution is 2.91. The number of rotatable bonds is 7. The van der Waals surface area contributed by atoms with Crippen molar-refractivity contribution in [3.63, 3.8) is 0 Å². The van der Waals surface area contributed by atoms with E-state index in [1.165, 1.54) is 0 Å². The highest BCUT2D eigenvalue weighted by atomic mass is 16.6. The molecule has 0 bridgehead atoms. The Bertz CT molecular complexity index is 930. The Balaban J connectivity index is 1.64. The van der Waals surface area contributed by atoms with E-state index in [4.69, 9.17) is 5.73 Å². The van der Waals surface area contributed by atoms with Crippen molar-refractivity contribution >= 4 is 11.9 Å². The molecule has 2 spiro atoms. The molecule has 5 atom stereocenters. The molecule has 8 heteroatoms. The highest BCUT2D eigenvalue weighted by Gasteiger charge is 2.88. The fourth-order valence-electron chi connectivity index (χ4n) is 8.96. The first-order chi connectivity index (χ1) is 16.5. The molecule has 204 valence electrons. The van der Waals surface area contributed by atoms with Gasteiger partial charge in [0.1, 0.15) is 5.92 Å². The van der Waals surface area contributed by atoms with Crippen LogP contribution in [0.25, 0.3) is 0 Å². The lowest BCUT2D eigenvalue weighted by Crippen LogP contribution is -2.59. The predicted octanol–water partition coefficient (Wildman–Crippen LogP) is 4.91. The monoisotopic (exact) mass is 505 g/mol. The summed E-state index contributed by atoms with van der Waals surface area (Å²) < 4.78 is 0. The fourth-order valence-corrected chi connectivity index (χ4v) is 8.96. The van der Waals surface area contributed by atoms with Gasteiger partial charge in [0.2, 0.25) is 11.4 Å². The van der Waals surface area contributed by atoms with Crippen LogP contribution in [0.1, 0.15) is 112 Å². The molecule has 0 radical (unpaired) electrons. The van der Waals surface area contributed by atoms with E-state index in [1.807, 2.05) is 20.8 Å². The van der Waals surface area contributed by atoms with Crippen LogP contribution in [0.5, 0.6) is 0 Å². The standard InChI is InChI=1S/C28H47N3O5/c1-23(2,3)19(30-21(32)20(29)25(6)11-8-7-9-12-25)16-26(31(35)36)17-28(15-18(26)22(33)34)24(4,5)27(28)13-10-14-27/h18-20H,7-17,29H2,1-6H3,(H,30,32)(H,33,34)/t18-,19+,20-,26?,28-/m1/s1. The Hall–Kier alpha value is -1.70. The number of nitrogens with two attached hydrogens (primary N) is 1. The summed E-state index contributed by atoms with van der Waals surface area (Å²) in [6.07, 6.45) is 8.78. The van der Waals surface area contributed by atoms with Crippen LogP contribution in [0.2, 0.25) is 0 Å². The summed E-state index contributed by atoms with van der Waals surface area (Å²) in [5, 5.41) is 26.2. The number of carbonyl (C=O) groups is 2. The topological polar surface area (TPSA) is 136 Å². The first-order valence-corrected chi connectivity index (χ1v) is 13.9. The Morgan fingerprint density at radius 3 is 2.06 bits per heavy atom. The quantitative estimate of drug-likeness (QED) is 0.332. The molecule has 0 aromatic carbocycles. The van der Waals surface area contributed by atoms with Crippen molar-refractivity contribution in [2.24, 2.45) is 38.7 Å². The average Bonchev–Trinajstić information content (AvgIpc) is 2.98. The van der Waals surface area contributed by atoms with Crippen LogP contribution in [0.3, 0.4) is 0 Å². The second-order valence-electron chi connectivity index (χ2n) is 14.6. The molecule has 1 amide bonds. The van der Waals surface area contributed by atoms with Gasteiger partial charge in [-0.05, 0) is 59.2 Å². The van der Waals surface area contributed by atoms with Gasteiger partial charge in [-0.1, -0.05) is 67.2 Å². The third-order valence-corrected chi connectivity index (χ3v) is 11.9. The van der Waals surface area contributed by atoms with Gasteiger partial charge in [-0.2, -0.15) is 0 Å². The van der Waals surface area contributed by atoms with Crippen molar-refractivity contribution < 1.29 is 19.6 Å². The second-order valence-corrected chi connectivity index (χ2v) is 14.6. The summed E-state index contributed by atoms with van der Waals surface area (Å²) >= 11 is 0. The Morgan fingerprint density at radius 1 is 1.06 bits per heavy atom. The zero-order chi connectivity index (χ0) is 26.9. The third-order valence-electron chi connectivity index (χ3n) is 11.9. The van der Waals surface area contributed by atoms with Crippen LogP contribution in [0.15, 0.2) is 0 Å². The van der Waals surface area contributed by atoms with Gasteiger partial charge in [0, 0.05) is 23.8 Å². The van der Waals surface area contributed by atoms with E-state index in [1.54, 1.807) is 0 Å². The van der Waals surface area contributed by atoms with Gasteiger partial charge in [-0.3, -0.25) is 19.7 Å². The zero-order valence-electron chi connectivity index (χ0n) is 23.1. The number of nitrogens with zero attached hydrogens (tertiary/aromatic N) is 1. The van der Waals surface area contributed by atoms with Gasteiger partial charge in [-0.15, -0.1) is 0 Å². The molecule has 4 aliphatic carbocycles. The minimum absolute atomic E-state index is 0.00352. The molecule has 4 fully saturated rings. The fraction of sp³-hybridized carbons (Fsp3) is 0.929. The first kappa shape index (κ1) is 27.3. The number of carboxylic acid groups (broad SMARTS) is 1. The molecular weight excluding hydrogens is 458 g/mol. The lowest BCUT2D eigenvalue weighted by atomic mass is 9.70. The molecule has 4 N–H and O–H groups in total. The van der Waals surface area contributed by atoms with Crippen LogP contribution in [0.4, 0.5) is 0 Å². The molecule has 4 aliphatic rings. The van der Waals surface area contributed by atoms with E-state index in [0.717, 1.165) is 51.4 Å². The van der Waals surface area contributed by atoms with Gasteiger partial charge in [0.15, 0.2) is 0 Å². The highest BCUT2D eigenvalue weighted by molar-refractivity contribution is 5.83. The van der Waals surface area contributed by atoms with E-state index in [2.05, 4.69) is 26.1 Å². The van der Waals surface area contributed by atoms with Gasteiger partial charge in [-0.25, -0.2) is 0 Å². The van der Waals surface area contributed by atoms with Crippen LogP contribution in [-0.2, 0) is 9.59 Å². The number of carboxylic acids is 1. The summed E-state index contributed by atoms with van der Waals surface area (Å²) in [6, 6.07) is -1.26. The van der Waals surface area contributed by atoms with Gasteiger partial charge < -0.3 is 16.2 Å². The first-order valence-electron chi connectivity index (χ1n) is 13.9. The van der Waals surface area contributed by atoms with Crippen molar-refractivity contribution in [2.75, 3.05) is 0 Å². The second kappa shape index (κ2) is 8.40. The normalized spacial score (nSPS) is 35.6. The number of fused-ring (bicyclic) bond motifs is 1. The van der Waals surface area contributed by atoms with E-state index in [0.29, 0.717) is 6.42 Å². The third kappa shape index (κ3) is 3.64. The number of hydrogen-bond acceptors (Lipinski definition) is 5. The number of carbonyl (C=O) groups excluding carboxylic acids is 1. The predicted molar refractivity (Wildman–Crippen MR) is 138 cm³/mol. The van der Waals surface area contributed by atoms with Gasteiger partial charge >= 0.3 is 5.97 Å². The average molecular weight is 506 g/mol. The summed E-state index contributed by atoms with van der Waals surface area (Å²) in [5.74, 6) is -2.44. The maximum Gasteiger partial charge on any atom is 0.313 e. The van der Waals surface area contributed by atoms with Crippen molar-refractivity contribution in [3.05, 3.63) is 10.1 Å². The molecule has 0 aliphatic heterocycles. The van der Waals surface area contributed by atoms with Crippen LogP contribution < -0.4 is 11.1 Å². The summed E-state index contributed by atoms with van der Waals surface area (Å²) in [6.45, 7) is 12.3. The smallest absolute Gasteiger partial charge is 0.313 e. The van der Waals surface area contributed by atoms with Gasteiger partial charge in [0.05, 0.1) is 6.04 Å². The van der Waals surface area contributed by atoms with Crippen molar-refractivity contribution in [3.8, 4) is 0 Å². The SMILES string of the molecule is CC(C)(C)[C@H](CC1([N+](=O)[O-])C[C@]2(C[C@@H]1C(=O)O)C(C)(C)C21CCC1)NC(=O)[C@@H](N)C1(C)CCCCC1. The maximum absolute atomic E-state index is 13.4. The number of hydrogen-bond donors (Lipinski definition) is 3. The molecule has 4 rings (SSSR count). The molecule has 0 aromatic heterocycles. The zero-order valence-corrected chi connectivity index (χ0v) is 23.1. The molecule has 0 aromatic rings. The number of nitro groups is 1. The van der Waals surface area contributed by atoms with Crippen LogP contribution >= 0.6 is 0 Å². The summed E-state index contributed by atoms with van der Waals surface area (Å²) in [5.41, 5.74) is 3.67.